The van der Waals surface area contributed by atoms with Crippen LogP contribution in [0.1, 0.15) is 33.4 Å². The molecule has 5 rings (SSSR count). The highest BCUT2D eigenvalue weighted by Crippen LogP contribution is 2.40. The van der Waals surface area contributed by atoms with Crippen LogP contribution in [-0.2, 0) is 6.54 Å². The number of amides is 1. The molecule has 0 bridgehead atoms. The van der Waals surface area contributed by atoms with Gasteiger partial charge in [-0.25, -0.2) is 4.98 Å². The number of benzene rings is 1. The van der Waals surface area contributed by atoms with Crippen LogP contribution in [0.3, 0.4) is 0 Å². The van der Waals surface area contributed by atoms with Gasteiger partial charge in [-0.2, -0.15) is 10.2 Å². The number of carbonyl (C=O) groups excluding carboxylic acids is 1. The van der Waals surface area contributed by atoms with Crippen molar-refractivity contribution in [1.82, 2.24) is 30.3 Å². The van der Waals surface area contributed by atoms with Crippen LogP contribution in [0.2, 0.25) is 0 Å². The second-order valence-corrected chi connectivity index (χ2v) is 6.09. The van der Waals surface area contributed by atoms with E-state index in [-0.39, 0.29) is 11.9 Å². The topological polar surface area (TPSA) is 104 Å². The Morgan fingerprint density at radius 1 is 1.15 bits per heavy atom. The van der Waals surface area contributed by atoms with Crippen molar-refractivity contribution in [2.24, 2.45) is 0 Å². The largest absolute Gasteiger partial charge is 0.446 e. The maximum Gasteiger partial charge on any atom is 0.273 e. The molecule has 0 aliphatic carbocycles. The third-order valence-corrected chi connectivity index (χ3v) is 4.61. The average molecular weight is 346 g/mol. The lowest BCUT2D eigenvalue weighted by molar-refractivity contribution is 0.0697. The maximum absolute atomic E-state index is 13.0. The Balaban J connectivity index is 1.59. The minimum Gasteiger partial charge on any atom is -0.446 e. The average Bonchev–Trinajstić information content (AvgIpc) is 3.47. The van der Waals surface area contributed by atoms with Crippen molar-refractivity contribution in [2.75, 3.05) is 0 Å². The normalized spacial score (nSPS) is 16.0. The van der Waals surface area contributed by atoms with Crippen LogP contribution in [0.15, 0.2) is 59.7 Å². The van der Waals surface area contributed by atoms with Crippen molar-refractivity contribution in [3.05, 3.63) is 77.9 Å². The van der Waals surface area contributed by atoms with Gasteiger partial charge in [-0.05, 0) is 34.9 Å². The molecule has 4 aromatic rings. The molecular formula is C18H14N6O2. The third-order valence-electron chi connectivity index (χ3n) is 4.61. The molecule has 0 spiro atoms. The van der Waals surface area contributed by atoms with Crippen LogP contribution >= 0.6 is 0 Å². The molecule has 0 saturated heterocycles. The van der Waals surface area contributed by atoms with Gasteiger partial charge < -0.3 is 9.32 Å². The number of oxazole rings is 1. The molecule has 0 unspecified atom stereocenters. The lowest BCUT2D eigenvalue weighted by atomic mass is 9.99. The van der Waals surface area contributed by atoms with Gasteiger partial charge in [-0.3, -0.25) is 15.0 Å². The SMILES string of the molecule is O=C(c1ccn[nH]1)N1Cc2cc(-c3ccn[nH]3)ccc2[C@@H]1c1cnco1. The first-order valence-electron chi connectivity index (χ1n) is 8.12. The summed E-state index contributed by atoms with van der Waals surface area (Å²) in [6, 6.07) is 9.38. The van der Waals surface area contributed by atoms with Gasteiger partial charge in [-0.15, -0.1) is 0 Å². The molecule has 128 valence electrons. The lowest BCUT2D eigenvalue weighted by Crippen LogP contribution is -2.30. The molecule has 26 heavy (non-hydrogen) atoms. The van der Waals surface area contributed by atoms with Crippen molar-refractivity contribution < 1.29 is 9.21 Å². The molecule has 2 N–H and O–H groups in total. The summed E-state index contributed by atoms with van der Waals surface area (Å²) in [6.07, 6.45) is 6.31. The number of hydrogen-bond donors (Lipinski definition) is 2. The van der Waals surface area contributed by atoms with Crippen molar-refractivity contribution in [1.29, 1.82) is 0 Å². The van der Waals surface area contributed by atoms with Gasteiger partial charge in [0.05, 0.1) is 11.9 Å². The van der Waals surface area contributed by atoms with E-state index in [4.69, 9.17) is 4.42 Å². The molecule has 1 aliphatic rings. The number of aromatic nitrogens is 5. The first-order valence-corrected chi connectivity index (χ1v) is 8.12. The summed E-state index contributed by atoms with van der Waals surface area (Å²) in [4.78, 5) is 18.7. The number of rotatable bonds is 3. The van der Waals surface area contributed by atoms with Crippen molar-refractivity contribution >= 4 is 5.91 Å². The molecule has 4 heterocycles. The van der Waals surface area contributed by atoms with E-state index in [0.717, 1.165) is 22.4 Å². The highest BCUT2D eigenvalue weighted by Gasteiger charge is 2.37. The first-order chi connectivity index (χ1) is 12.8. The first kappa shape index (κ1) is 14.6. The molecule has 0 saturated carbocycles. The molecule has 1 aliphatic heterocycles. The van der Waals surface area contributed by atoms with Gasteiger partial charge in [-0.1, -0.05) is 12.1 Å². The van der Waals surface area contributed by atoms with Gasteiger partial charge in [0.2, 0.25) is 0 Å². The summed E-state index contributed by atoms with van der Waals surface area (Å²) in [5.74, 6) is 0.495. The zero-order valence-corrected chi connectivity index (χ0v) is 13.6. The Morgan fingerprint density at radius 3 is 2.77 bits per heavy atom. The quantitative estimate of drug-likeness (QED) is 0.593. The number of nitrogens with zero attached hydrogens (tertiary/aromatic N) is 4. The highest BCUT2D eigenvalue weighted by atomic mass is 16.3. The second kappa shape index (κ2) is 5.69. The maximum atomic E-state index is 13.0. The fourth-order valence-electron chi connectivity index (χ4n) is 3.42. The molecular weight excluding hydrogens is 332 g/mol. The Labute approximate surface area is 147 Å². The highest BCUT2D eigenvalue weighted by molar-refractivity contribution is 5.93. The smallest absolute Gasteiger partial charge is 0.273 e. The number of aromatic amines is 2. The van der Waals surface area contributed by atoms with E-state index < -0.39 is 0 Å². The van der Waals surface area contributed by atoms with Crippen molar-refractivity contribution in [3.8, 4) is 11.3 Å². The number of hydrogen-bond acceptors (Lipinski definition) is 5. The second-order valence-electron chi connectivity index (χ2n) is 6.09. The zero-order chi connectivity index (χ0) is 17.5. The van der Waals surface area contributed by atoms with Gasteiger partial charge in [0, 0.05) is 18.9 Å². The Bertz CT molecular complexity index is 1040. The summed E-state index contributed by atoms with van der Waals surface area (Å²) in [7, 11) is 0. The van der Waals surface area contributed by atoms with Crippen LogP contribution in [0.4, 0.5) is 0 Å². The minimum atomic E-state index is -0.320. The summed E-state index contributed by atoms with van der Waals surface area (Å²) in [5, 5.41) is 13.6. The molecule has 3 aromatic heterocycles. The summed E-state index contributed by atoms with van der Waals surface area (Å²) in [6.45, 7) is 0.473. The van der Waals surface area contributed by atoms with Crippen molar-refractivity contribution in [3.63, 3.8) is 0 Å². The number of carbonyl (C=O) groups is 1. The number of nitrogens with one attached hydrogen (secondary N) is 2. The van der Waals surface area contributed by atoms with E-state index in [2.05, 4.69) is 31.4 Å². The van der Waals surface area contributed by atoms with E-state index in [1.54, 1.807) is 29.6 Å². The Morgan fingerprint density at radius 2 is 2.04 bits per heavy atom. The molecule has 0 fully saturated rings. The molecule has 1 atom stereocenters. The molecule has 0 radical (unpaired) electrons. The standard InChI is InChI=1S/C18H14N6O2/c25-18(15-4-6-21-23-15)24-9-12-7-11(14-3-5-20-22-14)1-2-13(12)17(24)16-8-19-10-26-16/h1-8,10,17H,9H2,(H,20,22)(H,21,23)/t17-/m1/s1. The fourth-order valence-corrected chi connectivity index (χ4v) is 3.42. The van der Waals surface area contributed by atoms with E-state index in [1.165, 1.54) is 6.39 Å². The van der Waals surface area contributed by atoms with Gasteiger partial charge >= 0.3 is 0 Å². The monoisotopic (exact) mass is 346 g/mol. The minimum absolute atomic E-state index is 0.136. The lowest BCUT2D eigenvalue weighted by Gasteiger charge is -2.22. The zero-order valence-electron chi connectivity index (χ0n) is 13.6. The predicted molar refractivity (Wildman–Crippen MR) is 90.8 cm³/mol. The molecule has 8 nitrogen and oxygen atoms in total. The Kier molecular flexibility index (Phi) is 3.21. The molecule has 8 heteroatoms. The van der Waals surface area contributed by atoms with Gasteiger partial charge in [0.15, 0.2) is 12.2 Å². The van der Waals surface area contributed by atoms with E-state index in [9.17, 15) is 4.79 Å². The van der Waals surface area contributed by atoms with Crippen LogP contribution in [-0.4, -0.2) is 36.2 Å². The third kappa shape index (κ3) is 2.23. The van der Waals surface area contributed by atoms with Crippen LogP contribution < -0.4 is 0 Å². The summed E-state index contributed by atoms with van der Waals surface area (Å²) < 4.78 is 5.53. The van der Waals surface area contributed by atoms with E-state index in [0.29, 0.717) is 18.0 Å². The fraction of sp³-hybridized carbons (Fsp3) is 0.111. The molecule has 1 aromatic carbocycles. The summed E-state index contributed by atoms with van der Waals surface area (Å²) in [5.41, 5.74) is 4.48. The van der Waals surface area contributed by atoms with Crippen LogP contribution in [0.25, 0.3) is 11.3 Å². The van der Waals surface area contributed by atoms with Crippen molar-refractivity contribution in [2.45, 2.75) is 12.6 Å². The predicted octanol–water partition coefficient (Wildman–Crippen LogP) is 2.53. The molecule has 1 amide bonds. The van der Waals surface area contributed by atoms with Crippen LogP contribution in [0, 0.1) is 0 Å². The Hall–Kier alpha value is -3.68. The van der Waals surface area contributed by atoms with E-state index in [1.807, 2.05) is 18.2 Å². The van der Waals surface area contributed by atoms with Gasteiger partial charge in [0.25, 0.3) is 5.91 Å². The summed E-state index contributed by atoms with van der Waals surface area (Å²) >= 11 is 0. The number of H-pyrrole nitrogens is 2. The van der Waals surface area contributed by atoms with Crippen LogP contribution in [0.5, 0.6) is 0 Å². The van der Waals surface area contributed by atoms with Gasteiger partial charge in [0.1, 0.15) is 11.7 Å². The van der Waals surface area contributed by atoms with E-state index >= 15 is 0 Å². The number of fused-ring (bicyclic) bond motifs is 1.